The minimum absolute atomic E-state index is 0.0239. The monoisotopic (exact) mass is 444 g/mol. The summed E-state index contributed by atoms with van der Waals surface area (Å²) < 4.78 is 7.23. The average Bonchev–Trinajstić information content (AvgIpc) is 3.05. The molecular formula is C16H18Br2N2O3. The Balaban J connectivity index is 1.70. The van der Waals surface area contributed by atoms with Crippen molar-refractivity contribution >= 4 is 37.5 Å². The molecule has 3 saturated heterocycles. The van der Waals surface area contributed by atoms with Gasteiger partial charge in [-0.1, -0.05) is 28.9 Å². The number of nitrogens with zero attached hydrogens (tertiary/aromatic N) is 2. The normalized spacial score (nSPS) is 41.4. The average molecular weight is 446 g/mol. The molecular weight excluding hydrogens is 428 g/mol. The van der Waals surface area contributed by atoms with Crippen molar-refractivity contribution in [3.63, 3.8) is 0 Å². The molecule has 3 fully saturated rings. The van der Waals surface area contributed by atoms with E-state index in [1.807, 2.05) is 6.92 Å². The molecule has 0 radical (unpaired) electrons. The first-order valence-corrected chi connectivity index (χ1v) is 9.51. The number of halogens is 2. The maximum atomic E-state index is 11.6. The molecule has 124 valence electrons. The smallest absolute Gasteiger partial charge is 0.329 e. The second-order valence-corrected chi connectivity index (χ2v) is 9.02. The van der Waals surface area contributed by atoms with E-state index in [-0.39, 0.29) is 21.6 Å². The zero-order valence-corrected chi connectivity index (χ0v) is 16.1. The van der Waals surface area contributed by atoms with Crippen LogP contribution in [0, 0.1) is 28.9 Å². The highest BCUT2D eigenvalue weighted by molar-refractivity contribution is 9.10. The molecule has 5 atom stereocenters. The van der Waals surface area contributed by atoms with Crippen molar-refractivity contribution in [1.82, 2.24) is 0 Å². The molecule has 0 saturated carbocycles. The Labute approximate surface area is 151 Å². The van der Waals surface area contributed by atoms with Crippen molar-refractivity contribution in [2.45, 2.75) is 36.4 Å². The van der Waals surface area contributed by atoms with Crippen LogP contribution in [-0.4, -0.2) is 34.2 Å². The maximum Gasteiger partial charge on any atom is 0.329 e. The zero-order chi connectivity index (χ0) is 16.6. The second kappa shape index (κ2) is 4.92. The summed E-state index contributed by atoms with van der Waals surface area (Å²) in [6.45, 7) is 5.52. The van der Waals surface area contributed by atoms with E-state index in [9.17, 15) is 10.1 Å². The van der Waals surface area contributed by atoms with Crippen LogP contribution in [0.25, 0.3) is 0 Å². The Kier molecular flexibility index (Phi) is 3.39. The van der Waals surface area contributed by atoms with Crippen LogP contribution in [0.2, 0.25) is 0 Å². The van der Waals surface area contributed by atoms with Crippen LogP contribution in [0.5, 0.6) is 0 Å². The molecule has 3 heterocycles. The molecule has 1 spiro atoms. The van der Waals surface area contributed by atoms with E-state index in [2.05, 4.69) is 61.9 Å². The van der Waals surface area contributed by atoms with Crippen molar-refractivity contribution in [3.05, 3.63) is 38.3 Å². The van der Waals surface area contributed by atoms with E-state index in [1.165, 1.54) is 5.56 Å². The molecule has 0 amide bonds. The molecule has 4 rings (SSSR count). The lowest BCUT2D eigenvalue weighted by molar-refractivity contribution is -0.629. The van der Waals surface area contributed by atoms with Gasteiger partial charge in [-0.05, 0) is 40.5 Å². The van der Waals surface area contributed by atoms with Crippen LogP contribution >= 0.6 is 31.9 Å². The van der Waals surface area contributed by atoms with Crippen molar-refractivity contribution in [2.24, 2.45) is 11.8 Å². The number of ether oxygens (including phenoxy) is 1. The van der Waals surface area contributed by atoms with Gasteiger partial charge in [-0.3, -0.25) is 10.1 Å². The molecule has 5 unspecified atom stereocenters. The van der Waals surface area contributed by atoms with Crippen LogP contribution in [0.4, 0.5) is 5.69 Å². The Morgan fingerprint density at radius 2 is 2.22 bits per heavy atom. The quantitative estimate of drug-likeness (QED) is 0.395. The van der Waals surface area contributed by atoms with Crippen LogP contribution in [-0.2, 0) is 4.74 Å². The SMILES string of the molecule is Cc1ccc(N2CC3C(C)C4([N+](=O)[O-])CC(Br)C3(C2)O4)c(Br)c1. The molecule has 3 aliphatic rings. The zero-order valence-electron chi connectivity index (χ0n) is 13.0. The Bertz CT molecular complexity index is 700. The number of rotatable bonds is 2. The number of hydrogen-bond donors (Lipinski definition) is 0. The van der Waals surface area contributed by atoms with E-state index in [1.54, 1.807) is 0 Å². The van der Waals surface area contributed by atoms with Gasteiger partial charge in [0.2, 0.25) is 0 Å². The van der Waals surface area contributed by atoms with Gasteiger partial charge in [-0.15, -0.1) is 0 Å². The summed E-state index contributed by atoms with van der Waals surface area (Å²) in [6, 6.07) is 6.31. The number of nitro groups is 1. The molecule has 7 heteroatoms. The number of benzene rings is 1. The highest BCUT2D eigenvalue weighted by Crippen LogP contribution is 2.62. The predicted molar refractivity (Wildman–Crippen MR) is 94.6 cm³/mol. The summed E-state index contributed by atoms with van der Waals surface area (Å²) in [6.07, 6.45) is 0.445. The van der Waals surface area contributed by atoms with Crippen molar-refractivity contribution in [3.8, 4) is 0 Å². The first kappa shape index (κ1) is 15.8. The number of hydrogen-bond acceptors (Lipinski definition) is 4. The molecule has 0 aromatic heterocycles. The fraction of sp³-hybridized carbons (Fsp3) is 0.625. The third kappa shape index (κ3) is 1.93. The van der Waals surface area contributed by atoms with Gasteiger partial charge in [0.15, 0.2) is 0 Å². The lowest BCUT2D eigenvalue weighted by Gasteiger charge is -2.31. The molecule has 1 aromatic carbocycles. The molecule has 0 aliphatic carbocycles. The van der Waals surface area contributed by atoms with Gasteiger partial charge in [-0.2, -0.15) is 0 Å². The van der Waals surface area contributed by atoms with Gasteiger partial charge < -0.3 is 9.64 Å². The molecule has 23 heavy (non-hydrogen) atoms. The van der Waals surface area contributed by atoms with Crippen molar-refractivity contribution in [1.29, 1.82) is 0 Å². The predicted octanol–water partition coefficient (Wildman–Crippen LogP) is 3.74. The van der Waals surface area contributed by atoms with E-state index >= 15 is 0 Å². The van der Waals surface area contributed by atoms with E-state index < -0.39 is 11.3 Å². The third-order valence-corrected chi connectivity index (χ3v) is 7.65. The summed E-state index contributed by atoms with van der Waals surface area (Å²) in [7, 11) is 0. The Morgan fingerprint density at radius 3 is 2.83 bits per heavy atom. The van der Waals surface area contributed by atoms with Gasteiger partial charge in [0.1, 0.15) is 5.60 Å². The number of alkyl halides is 1. The van der Waals surface area contributed by atoms with Crippen LogP contribution < -0.4 is 4.90 Å². The molecule has 2 bridgehead atoms. The standard InChI is InChI=1S/C16H18Br2N2O3/c1-9-3-4-13(12(17)5-9)19-7-11-10(2)16(20(21)22)6-14(18)15(11,8-19)23-16/h3-5,10-11,14H,6-8H2,1-2H3. The van der Waals surface area contributed by atoms with Crippen LogP contribution in [0.15, 0.2) is 22.7 Å². The summed E-state index contributed by atoms with van der Waals surface area (Å²) in [5.74, 6) is 0.0831. The second-order valence-electron chi connectivity index (χ2n) is 7.06. The van der Waals surface area contributed by atoms with Crippen LogP contribution in [0.1, 0.15) is 18.9 Å². The number of aryl methyl sites for hydroxylation is 1. The van der Waals surface area contributed by atoms with Crippen molar-refractivity contribution in [2.75, 3.05) is 18.0 Å². The third-order valence-electron chi connectivity index (χ3n) is 5.92. The van der Waals surface area contributed by atoms with E-state index in [0.29, 0.717) is 13.0 Å². The first-order valence-electron chi connectivity index (χ1n) is 7.80. The largest absolute Gasteiger partial charge is 0.367 e. The number of anilines is 1. The van der Waals surface area contributed by atoms with Gasteiger partial charge in [0, 0.05) is 23.5 Å². The Hall–Kier alpha value is -0.660. The Morgan fingerprint density at radius 1 is 1.48 bits per heavy atom. The lowest BCUT2D eigenvalue weighted by atomic mass is 9.72. The first-order chi connectivity index (χ1) is 10.8. The van der Waals surface area contributed by atoms with E-state index in [4.69, 9.17) is 4.74 Å². The summed E-state index contributed by atoms with van der Waals surface area (Å²) >= 11 is 7.33. The number of fused-ring (bicyclic) bond motifs is 1. The highest BCUT2D eigenvalue weighted by atomic mass is 79.9. The summed E-state index contributed by atoms with van der Waals surface area (Å²) in [5, 5.41) is 11.6. The summed E-state index contributed by atoms with van der Waals surface area (Å²) in [4.78, 5) is 13.8. The molecule has 3 aliphatic heterocycles. The summed E-state index contributed by atoms with van der Waals surface area (Å²) in [5.41, 5.74) is 0.662. The van der Waals surface area contributed by atoms with Gasteiger partial charge in [0.25, 0.3) is 0 Å². The fourth-order valence-corrected chi connectivity index (χ4v) is 6.47. The maximum absolute atomic E-state index is 11.6. The fourth-order valence-electron chi connectivity index (χ4n) is 4.68. The van der Waals surface area contributed by atoms with E-state index in [0.717, 1.165) is 16.7 Å². The van der Waals surface area contributed by atoms with Crippen molar-refractivity contribution < 1.29 is 9.66 Å². The molecule has 0 N–H and O–H groups in total. The highest BCUT2D eigenvalue weighted by Gasteiger charge is 2.78. The minimum Gasteiger partial charge on any atom is -0.367 e. The molecule has 5 nitrogen and oxygen atoms in total. The van der Waals surface area contributed by atoms with Gasteiger partial charge in [0.05, 0.1) is 27.8 Å². The molecule has 1 aromatic rings. The van der Waals surface area contributed by atoms with Gasteiger partial charge in [-0.25, -0.2) is 0 Å². The topological polar surface area (TPSA) is 55.6 Å². The lowest BCUT2D eigenvalue weighted by Crippen LogP contribution is -2.48. The van der Waals surface area contributed by atoms with Crippen LogP contribution in [0.3, 0.4) is 0 Å². The minimum atomic E-state index is -1.21. The van der Waals surface area contributed by atoms with Gasteiger partial charge >= 0.3 is 5.72 Å².